The molecular weight excluding hydrogens is 380 g/mol. The monoisotopic (exact) mass is 398 g/mol. The van der Waals surface area contributed by atoms with Crippen LogP contribution in [0.1, 0.15) is 0 Å². The maximum absolute atomic E-state index is 11.6. The molecule has 0 heterocycles. The predicted molar refractivity (Wildman–Crippen MR) is 81.9 cm³/mol. The molecule has 0 saturated heterocycles. The topological polar surface area (TPSA) is 143 Å². The van der Waals surface area contributed by atoms with E-state index in [1.165, 1.54) is 0 Å². The minimum absolute atomic E-state index is 0.00963. The molecular formula is C8H18N2O8S4. The van der Waals surface area contributed by atoms with Gasteiger partial charge in [0.2, 0.25) is 40.1 Å². The van der Waals surface area contributed by atoms with Gasteiger partial charge >= 0.3 is 0 Å². The van der Waals surface area contributed by atoms with Crippen molar-refractivity contribution in [3.8, 4) is 0 Å². The largest absolute Gasteiger partial charge is 0.224 e. The molecule has 0 aromatic rings. The normalized spacial score (nSPS) is 15.9. The fraction of sp³-hybridized carbons (Fsp3) is 0.750. The van der Waals surface area contributed by atoms with E-state index in [-0.39, 0.29) is 7.42 Å². The summed E-state index contributed by atoms with van der Waals surface area (Å²) in [5.41, 5.74) is 0. The highest BCUT2D eigenvalue weighted by molar-refractivity contribution is 8.04. The fourth-order valence-corrected chi connectivity index (χ4v) is 7.71. The molecule has 0 bridgehead atoms. The number of hydrogen-bond donors (Lipinski definition) is 0. The lowest BCUT2D eigenvalue weighted by atomic mass is 10.3. The van der Waals surface area contributed by atoms with Gasteiger partial charge in [0.05, 0.1) is 37.6 Å². The molecule has 0 aromatic carbocycles. The molecule has 10 nitrogen and oxygen atoms in total. The highest BCUT2D eigenvalue weighted by Gasteiger charge is 2.38. The summed E-state index contributed by atoms with van der Waals surface area (Å²) in [6.07, 6.45) is 3.22. The van der Waals surface area contributed by atoms with Gasteiger partial charge < -0.3 is 0 Å². The maximum Gasteiger partial charge on any atom is 0.224 e. The zero-order valence-electron chi connectivity index (χ0n) is 12.4. The summed E-state index contributed by atoms with van der Waals surface area (Å²) in [7, 11) is -17.2. The van der Waals surface area contributed by atoms with Gasteiger partial charge in [0.25, 0.3) is 0 Å². The second-order valence-corrected chi connectivity index (χ2v) is 12.5. The van der Waals surface area contributed by atoms with Gasteiger partial charge in [0, 0.05) is 0 Å². The molecule has 0 radical (unpaired) electrons. The lowest BCUT2D eigenvalue weighted by Crippen LogP contribution is -2.50. The highest BCUT2D eigenvalue weighted by atomic mass is 32.3. The minimum Gasteiger partial charge on any atom is -0.212 e. The number of rotatable bonds is 8. The molecule has 132 valence electrons. The van der Waals surface area contributed by atoms with Crippen LogP contribution in [0.15, 0.2) is 12.7 Å². The first-order chi connectivity index (χ1) is 9.42. The third-order valence-electron chi connectivity index (χ3n) is 2.27. The van der Waals surface area contributed by atoms with E-state index in [4.69, 9.17) is 0 Å². The first kappa shape index (κ1) is 21.5. The van der Waals surface area contributed by atoms with Crippen molar-refractivity contribution in [2.24, 2.45) is 0 Å². The van der Waals surface area contributed by atoms with E-state index < -0.39 is 52.7 Å². The number of sulfonamides is 4. The summed E-state index contributed by atoms with van der Waals surface area (Å²) in [6.45, 7) is 2.30. The van der Waals surface area contributed by atoms with Gasteiger partial charge in [-0.15, -0.1) is 6.58 Å². The molecule has 0 saturated carbocycles. The lowest BCUT2D eigenvalue weighted by molar-refractivity contribution is 0.421. The Kier molecular flexibility index (Phi) is 6.36. The van der Waals surface area contributed by atoms with Gasteiger partial charge in [-0.1, -0.05) is 13.5 Å². The van der Waals surface area contributed by atoms with E-state index in [2.05, 4.69) is 6.58 Å². The Labute approximate surface area is 131 Å². The van der Waals surface area contributed by atoms with Crippen LogP contribution < -0.4 is 0 Å². The van der Waals surface area contributed by atoms with E-state index >= 15 is 0 Å². The van der Waals surface area contributed by atoms with Gasteiger partial charge in [0.1, 0.15) is 0 Å². The Balaban J connectivity index is 6.14. The molecule has 0 aliphatic rings. The summed E-state index contributed by atoms with van der Waals surface area (Å²) >= 11 is 0. The second kappa shape index (κ2) is 6.52. The van der Waals surface area contributed by atoms with Gasteiger partial charge in [-0.3, -0.25) is 0 Å². The van der Waals surface area contributed by atoms with Crippen LogP contribution in [0, 0.1) is 0 Å². The number of hydrogen-bond acceptors (Lipinski definition) is 8. The van der Waals surface area contributed by atoms with Crippen molar-refractivity contribution in [3.05, 3.63) is 12.7 Å². The first-order valence-corrected chi connectivity index (χ1v) is 12.8. The maximum atomic E-state index is 11.6. The smallest absolute Gasteiger partial charge is 0.212 e. The Morgan fingerprint density at radius 3 is 1.27 bits per heavy atom. The van der Waals surface area contributed by atoms with Crippen LogP contribution >= 0.6 is 0 Å². The molecule has 0 aliphatic heterocycles. The molecule has 0 amide bonds. The first-order valence-electron chi connectivity index (χ1n) is 5.42. The van der Waals surface area contributed by atoms with E-state index in [0.29, 0.717) is 25.0 Å². The molecule has 0 aromatic heterocycles. The van der Waals surface area contributed by atoms with E-state index in [9.17, 15) is 33.7 Å². The van der Waals surface area contributed by atoms with Crippen molar-refractivity contribution in [1.82, 2.24) is 7.42 Å². The van der Waals surface area contributed by atoms with E-state index in [0.717, 1.165) is 6.08 Å². The van der Waals surface area contributed by atoms with Crippen molar-refractivity contribution in [2.45, 2.75) is 6.04 Å². The molecule has 1 atom stereocenters. The van der Waals surface area contributed by atoms with Crippen molar-refractivity contribution in [2.75, 3.05) is 31.6 Å². The zero-order chi connectivity index (χ0) is 18.1. The lowest BCUT2D eigenvalue weighted by Gasteiger charge is -2.28. The molecule has 0 rings (SSSR count). The molecule has 22 heavy (non-hydrogen) atoms. The van der Waals surface area contributed by atoms with E-state index in [1.807, 2.05) is 0 Å². The third-order valence-corrected chi connectivity index (χ3v) is 9.15. The number of nitrogens with zero attached hydrogens (tertiary/aromatic N) is 2. The van der Waals surface area contributed by atoms with Crippen LogP contribution in [-0.4, -0.2) is 78.7 Å². The van der Waals surface area contributed by atoms with Crippen molar-refractivity contribution >= 4 is 40.1 Å². The van der Waals surface area contributed by atoms with Crippen LogP contribution in [0.3, 0.4) is 0 Å². The molecule has 0 spiro atoms. The minimum atomic E-state index is -4.31. The van der Waals surface area contributed by atoms with Crippen molar-refractivity contribution in [3.63, 3.8) is 0 Å². The van der Waals surface area contributed by atoms with Crippen LogP contribution in [0.5, 0.6) is 0 Å². The van der Waals surface area contributed by atoms with Crippen molar-refractivity contribution < 1.29 is 33.7 Å². The van der Waals surface area contributed by atoms with Crippen LogP contribution in [0.2, 0.25) is 0 Å². The SMILES string of the molecule is C=CC(CN(S(C)(=O)=O)S(C)(=O)=O)N(S(C)(=O)=O)S(C)(=O)=O. The highest BCUT2D eigenvalue weighted by Crippen LogP contribution is 2.17. The van der Waals surface area contributed by atoms with Gasteiger partial charge in [-0.05, 0) is 0 Å². The summed E-state index contributed by atoms with van der Waals surface area (Å²) in [5.74, 6) is 0. The molecule has 0 fully saturated rings. The van der Waals surface area contributed by atoms with Crippen LogP contribution in [0.4, 0.5) is 0 Å². The predicted octanol–water partition coefficient (Wildman–Crippen LogP) is -2.02. The average molecular weight is 399 g/mol. The van der Waals surface area contributed by atoms with Crippen LogP contribution in [-0.2, 0) is 40.1 Å². The van der Waals surface area contributed by atoms with E-state index in [1.54, 1.807) is 0 Å². The zero-order valence-corrected chi connectivity index (χ0v) is 15.6. The van der Waals surface area contributed by atoms with Gasteiger partial charge in [0.15, 0.2) is 0 Å². The molecule has 0 N–H and O–H groups in total. The Morgan fingerprint density at radius 1 is 0.773 bits per heavy atom. The average Bonchev–Trinajstić information content (AvgIpc) is 2.15. The molecule has 14 heteroatoms. The Hall–Kier alpha value is -0.540. The van der Waals surface area contributed by atoms with Gasteiger partial charge in [-0.25, -0.2) is 33.7 Å². The molecule has 1 unspecified atom stereocenters. The quantitative estimate of drug-likeness (QED) is 0.426. The third kappa shape index (κ3) is 5.92. The standard InChI is InChI=1S/C8H18N2O8S4/c1-6-8(10(21(4,15)16)22(5,17)18)7-9(19(2,11)12)20(3,13)14/h6,8H,1,7H2,2-5H3. The van der Waals surface area contributed by atoms with Crippen LogP contribution in [0.25, 0.3) is 0 Å². The summed E-state index contributed by atoms with van der Waals surface area (Å²) < 4.78 is 92.8. The van der Waals surface area contributed by atoms with Crippen molar-refractivity contribution in [1.29, 1.82) is 0 Å². The summed E-state index contributed by atoms with van der Waals surface area (Å²) in [5, 5.41) is 0. The molecule has 0 aliphatic carbocycles. The van der Waals surface area contributed by atoms with Gasteiger partial charge in [-0.2, -0.15) is 0 Å². The fourth-order valence-electron chi connectivity index (χ4n) is 1.63. The Morgan fingerprint density at radius 2 is 1.09 bits per heavy atom. The Bertz CT molecular complexity index is 774. The summed E-state index contributed by atoms with van der Waals surface area (Å²) in [4.78, 5) is 0. The second-order valence-electron chi connectivity index (χ2n) is 4.54. The summed E-state index contributed by atoms with van der Waals surface area (Å²) in [6, 6.07) is -1.62.